The van der Waals surface area contributed by atoms with Crippen molar-refractivity contribution in [1.29, 1.82) is 0 Å². The molecule has 0 bridgehead atoms. The largest absolute Gasteiger partial charge is 0.300 e. The predicted octanol–water partition coefficient (Wildman–Crippen LogP) is 3.65. The lowest BCUT2D eigenvalue weighted by Gasteiger charge is -2.33. The van der Waals surface area contributed by atoms with Crippen LogP contribution in [0.5, 0.6) is 0 Å². The van der Waals surface area contributed by atoms with Gasteiger partial charge in [-0.3, -0.25) is 19.2 Å². The number of carbonyl (C=O) groups excluding carboxylic acids is 1. The van der Waals surface area contributed by atoms with Gasteiger partial charge in [-0.25, -0.2) is 18.8 Å². The molecule has 0 radical (unpaired) electrons. The van der Waals surface area contributed by atoms with E-state index in [4.69, 9.17) is 4.99 Å². The topological polar surface area (TPSA) is 53.7 Å². The van der Waals surface area contributed by atoms with Crippen molar-refractivity contribution < 1.29 is 13.6 Å². The number of amides is 1. The Labute approximate surface area is 170 Å². The maximum Gasteiger partial charge on any atom is 0.283 e. The zero-order valence-corrected chi connectivity index (χ0v) is 17.4. The zero-order chi connectivity index (χ0) is 20.2. The van der Waals surface area contributed by atoms with Crippen molar-refractivity contribution in [2.75, 3.05) is 18.0 Å². The third-order valence-corrected chi connectivity index (χ3v) is 5.75. The van der Waals surface area contributed by atoms with Crippen LogP contribution in [0.2, 0.25) is 0 Å². The van der Waals surface area contributed by atoms with Gasteiger partial charge in [0.15, 0.2) is 22.1 Å². The highest BCUT2D eigenvalue weighted by atomic mass is 79.9. The van der Waals surface area contributed by atoms with Crippen molar-refractivity contribution in [3.63, 3.8) is 0 Å². The summed E-state index contributed by atoms with van der Waals surface area (Å²) in [5, 5.41) is 0. The number of rotatable bonds is 4. The van der Waals surface area contributed by atoms with Gasteiger partial charge in [0.25, 0.3) is 5.91 Å². The Morgan fingerprint density at radius 1 is 1.29 bits per heavy atom. The van der Waals surface area contributed by atoms with Crippen molar-refractivity contribution in [2.24, 2.45) is 10.9 Å². The van der Waals surface area contributed by atoms with Crippen LogP contribution >= 0.6 is 15.9 Å². The molecule has 1 atom stereocenters. The average Bonchev–Trinajstić information content (AvgIpc) is 3.21. The average molecular weight is 452 g/mol. The van der Waals surface area contributed by atoms with Crippen molar-refractivity contribution in [1.82, 2.24) is 14.5 Å². The summed E-state index contributed by atoms with van der Waals surface area (Å²) in [6.07, 6.45) is 0. The Hall–Kier alpha value is -2.29. The minimum Gasteiger partial charge on any atom is -0.300 e. The number of halogens is 3. The number of hydrogen-bond acceptors (Lipinski definition) is 4. The molecule has 1 unspecified atom stereocenters. The van der Waals surface area contributed by atoms with E-state index >= 15 is 0 Å². The summed E-state index contributed by atoms with van der Waals surface area (Å²) in [7, 11) is 0. The summed E-state index contributed by atoms with van der Waals surface area (Å²) in [6.45, 7) is 7.47. The van der Waals surface area contributed by atoms with Crippen LogP contribution in [0.15, 0.2) is 27.9 Å². The predicted molar refractivity (Wildman–Crippen MR) is 106 cm³/mol. The smallest absolute Gasteiger partial charge is 0.283 e. The first kappa shape index (κ1) is 19.0. The third kappa shape index (κ3) is 2.92. The molecule has 0 N–H and O–H groups in total. The first-order valence-electron chi connectivity index (χ1n) is 9.19. The van der Waals surface area contributed by atoms with Crippen molar-refractivity contribution in [2.45, 2.75) is 33.4 Å². The maximum absolute atomic E-state index is 13.7. The van der Waals surface area contributed by atoms with E-state index in [0.29, 0.717) is 46.8 Å². The lowest BCUT2D eigenvalue weighted by atomic mass is 10.1. The molecule has 1 aromatic heterocycles. The normalized spacial score (nSPS) is 18.6. The van der Waals surface area contributed by atoms with Crippen LogP contribution < -0.4 is 4.90 Å². The van der Waals surface area contributed by atoms with Gasteiger partial charge < -0.3 is 0 Å². The molecule has 2 aliphatic heterocycles. The standard InChI is InChI=1S/C19H20BrF2N5O/c1-4-25-17(28)15-16(27-9-14(10(2)3)23-19(25)27)26(18(20)24-15)8-11-5-6-12(21)13(22)7-11/h5-7,10,14H,4,8-9H2,1-3H3. The van der Waals surface area contributed by atoms with Gasteiger partial charge >= 0.3 is 0 Å². The first-order chi connectivity index (χ1) is 13.3. The van der Waals surface area contributed by atoms with Gasteiger partial charge in [0.05, 0.1) is 19.1 Å². The summed E-state index contributed by atoms with van der Waals surface area (Å²) >= 11 is 3.43. The van der Waals surface area contributed by atoms with E-state index in [-0.39, 0.29) is 18.5 Å². The second kappa shape index (κ2) is 6.95. The summed E-state index contributed by atoms with van der Waals surface area (Å²) < 4.78 is 29.2. The molecule has 2 aliphatic rings. The Bertz CT molecular complexity index is 987. The summed E-state index contributed by atoms with van der Waals surface area (Å²) in [4.78, 5) is 25.8. The van der Waals surface area contributed by atoms with Crippen LogP contribution in [0.1, 0.15) is 36.8 Å². The van der Waals surface area contributed by atoms with E-state index in [1.807, 2.05) is 11.8 Å². The molecule has 2 aromatic rings. The second-order valence-corrected chi connectivity index (χ2v) is 8.00. The number of anilines is 1. The molecule has 0 saturated carbocycles. The monoisotopic (exact) mass is 451 g/mol. The van der Waals surface area contributed by atoms with Gasteiger partial charge in [-0.05, 0) is 46.5 Å². The highest BCUT2D eigenvalue weighted by molar-refractivity contribution is 9.10. The highest BCUT2D eigenvalue weighted by Gasteiger charge is 2.43. The number of aliphatic imine (C=N–C) groups is 1. The number of imidazole rings is 1. The van der Waals surface area contributed by atoms with Gasteiger partial charge in [0.2, 0.25) is 5.96 Å². The number of nitrogens with zero attached hydrogens (tertiary/aromatic N) is 5. The number of benzene rings is 1. The molecule has 1 aromatic carbocycles. The summed E-state index contributed by atoms with van der Waals surface area (Å²) in [5.41, 5.74) is 0.905. The first-order valence-corrected chi connectivity index (χ1v) is 9.98. The lowest BCUT2D eigenvalue weighted by molar-refractivity contribution is 0.0841. The van der Waals surface area contributed by atoms with Crippen LogP contribution in [0.3, 0.4) is 0 Å². The number of guanidine groups is 1. The van der Waals surface area contributed by atoms with E-state index in [0.717, 1.165) is 12.1 Å². The molecule has 28 heavy (non-hydrogen) atoms. The highest BCUT2D eigenvalue weighted by Crippen LogP contribution is 2.36. The molecule has 0 fully saturated rings. The number of fused-ring (bicyclic) bond motifs is 3. The van der Waals surface area contributed by atoms with Crippen LogP contribution in [0.4, 0.5) is 14.6 Å². The molecule has 1 amide bonds. The van der Waals surface area contributed by atoms with Crippen LogP contribution in [-0.4, -0.2) is 45.4 Å². The molecule has 4 rings (SSSR count). The number of hydrogen-bond donors (Lipinski definition) is 0. The van der Waals surface area contributed by atoms with Gasteiger partial charge in [-0.15, -0.1) is 0 Å². The SMILES string of the molecule is CCN1C(=O)c2nc(Br)n(Cc3ccc(F)c(F)c3)c2N2CC(C(C)C)N=C12. The van der Waals surface area contributed by atoms with Crippen LogP contribution in [-0.2, 0) is 6.54 Å². The van der Waals surface area contributed by atoms with Crippen LogP contribution in [0, 0.1) is 17.6 Å². The minimum absolute atomic E-state index is 0.0631. The third-order valence-electron chi connectivity index (χ3n) is 5.14. The second-order valence-electron chi connectivity index (χ2n) is 7.29. The Balaban J connectivity index is 1.80. The number of carbonyl (C=O) groups is 1. The van der Waals surface area contributed by atoms with Gasteiger partial charge in [-0.2, -0.15) is 0 Å². The van der Waals surface area contributed by atoms with Gasteiger partial charge in [0, 0.05) is 6.54 Å². The summed E-state index contributed by atoms with van der Waals surface area (Å²) in [6, 6.07) is 3.85. The van der Waals surface area contributed by atoms with Crippen molar-refractivity contribution in [3.05, 3.63) is 45.8 Å². The fourth-order valence-corrected chi connectivity index (χ4v) is 4.05. The summed E-state index contributed by atoms with van der Waals surface area (Å²) in [5.74, 6) is -0.425. The molecule has 9 heteroatoms. The van der Waals surface area contributed by atoms with E-state index in [9.17, 15) is 13.6 Å². The van der Waals surface area contributed by atoms with E-state index < -0.39 is 11.6 Å². The zero-order valence-electron chi connectivity index (χ0n) is 15.8. The Kier molecular flexibility index (Phi) is 4.73. The molecule has 148 valence electrons. The van der Waals surface area contributed by atoms with Crippen molar-refractivity contribution >= 4 is 33.6 Å². The van der Waals surface area contributed by atoms with Gasteiger partial charge in [0.1, 0.15) is 5.82 Å². The quantitative estimate of drug-likeness (QED) is 0.712. The molecule has 6 nitrogen and oxygen atoms in total. The minimum atomic E-state index is -0.904. The molecular formula is C19H20BrF2N5O. The van der Waals surface area contributed by atoms with E-state index in [1.165, 1.54) is 6.07 Å². The molecule has 0 spiro atoms. The Morgan fingerprint density at radius 3 is 2.68 bits per heavy atom. The Morgan fingerprint density at radius 2 is 2.04 bits per heavy atom. The molecule has 0 saturated heterocycles. The van der Waals surface area contributed by atoms with E-state index in [1.54, 1.807) is 9.47 Å². The van der Waals surface area contributed by atoms with Gasteiger partial charge in [-0.1, -0.05) is 19.9 Å². The lowest BCUT2D eigenvalue weighted by Crippen LogP contribution is -2.50. The fraction of sp³-hybridized carbons (Fsp3) is 0.421. The number of aromatic nitrogens is 2. The molecule has 0 aliphatic carbocycles. The molecule has 3 heterocycles. The van der Waals surface area contributed by atoms with E-state index in [2.05, 4.69) is 34.8 Å². The maximum atomic E-state index is 13.7. The molecular weight excluding hydrogens is 432 g/mol. The van der Waals surface area contributed by atoms with Crippen LogP contribution in [0.25, 0.3) is 0 Å². The van der Waals surface area contributed by atoms with Crippen molar-refractivity contribution in [3.8, 4) is 0 Å². The fourth-order valence-electron chi connectivity index (χ4n) is 3.58.